The summed E-state index contributed by atoms with van der Waals surface area (Å²) in [4.78, 5) is 2.62. The van der Waals surface area contributed by atoms with Crippen LogP contribution in [0.3, 0.4) is 0 Å². The number of hydrogen-bond acceptors (Lipinski definition) is 3. The first-order valence-corrected chi connectivity index (χ1v) is 7.56. The standard InChI is InChI=1S/C13H14ClNS2/c1-15-8-10-2-4-11(5-3-10)16-9-12-6-7-13(14)17-12/h2-7,15H,8-9H2,1H3. The fourth-order valence-electron chi connectivity index (χ4n) is 1.49. The number of hydrogen-bond donors (Lipinski definition) is 1. The zero-order valence-corrected chi connectivity index (χ0v) is 12.0. The first-order chi connectivity index (χ1) is 8.28. The van der Waals surface area contributed by atoms with Crippen LogP contribution in [0.2, 0.25) is 4.34 Å². The lowest BCUT2D eigenvalue weighted by Crippen LogP contribution is -2.04. The number of nitrogens with one attached hydrogen (secondary N) is 1. The maximum absolute atomic E-state index is 5.90. The zero-order valence-electron chi connectivity index (χ0n) is 9.57. The first kappa shape index (κ1) is 13.0. The first-order valence-electron chi connectivity index (χ1n) is 5.38. The molecule has 1 aromatic heterocycles. The van der Waals surface area contributed by atoms with E-state index in [1.54, 1.807) is 11.3 Å². The van der Waals surface area contributed by atoms with Crippen molar-refractivity contribution in [2.75, 3.05) is 7.05 Å². The third-order valence-electron chi connectivity index (χ3n) is 2.31. The van der Waals surface area contributed by atoms with Crippen molar-refractivity contribution in [3.8, 4) is 0 Å². The van der Waals surface area contributed by atoms with E-state index >= 15 is 0 Å². The molecule has 4 heteroatoms. The lowest BCUT2D eigenvalue weighted by atomic mass is 10.2. The third kappa shape index (κ3) is 4.03. The van der Waals surface area contributed by atoms with E-state index < -0.39 is 0 Å². The molecule has 0 atom stereocenters. The van der Waals surface area contributed by atoms with Crippen molar-refractivity contribution < 1.29 is 0 Å². The van der Waals surface area contributed by atoms with E-state index in [1.807, 2.05) is 24.9 Å². The molecule has 2 aromatic rings. The molecule has 0 saturated heterocycles. The summed E-state index contributed by atoms with van der Waals surface area (Å²) in [7, 11) is 1.96. The Balaban J connectivity index is 1.90. The highest BCUT2D eigenvalue weighted by Crippen LogP contribution is 2.28. The predicted molar refractivity (Wildman–Crippen MR) is 78.1 cm³/mol. The average Bonchev–Trinajstić information content (AvgIpc) is 2.75. The molecule has 0 radical (unpaired) electrons. The lowest BCUT2D eigenvalue weighted by molar-refractivity contribution is 0.817. The van der Waals surface area contributed by atoms with Gasteiger partial charge in [0.25, 0.3) is 0 Å². The van der Waals surface area contributed by atoms with Gasteiger partial charge in [-0.15, -0.1) is 23.1 Å². The van der Waals surface area contributed by atoms with Gasteiger partial charge in [-0.25, -0.2) is 0 Å². The second kappa shape index (κ2) is 6.45. The van der Waals surface area contributed by atoms with Crippen molar-refractivity contribution in [3.63, 3.8) is 0 Å². The topological polar surface area (TPSA) is 12.0 Å². The number of halogens is 1. The Bertz CT molecular complexity index is 465. The molecule has 17 heavy (non-hydrogen) atoms. The summed E-state index contributed by atoms with van der Waals surface area (Å²) in [6.45, 7) is 0.922. The Morgan fingerprint density at radius 2 is 1.94 bits per heavy atom. The molecule has 0 aliphatic heterocycles. The van der Waals surface area contributed by atoms with Crippen molar-refractivity contribution in [1.82, 2.24) is 5.32 Å². The summed E-state index contributed by atoms with van der Waals surface area (Å²) in [6.07, 6.45) is 0. The van der Waals surface area contributed by atoms with Crippen LogP contribution in [0.1, 0.15) is 10.4 Å². The van der Waals surface area contributed by atoms with Crippen LogP contribution >= 0.6 is 34.7 Å². The van der Waals surface area contributed by atoms with Crippen LogP contribution in [0.25, 0.3) is 0 Å². The fourth-order valence-corrected chi connectivity index (χ4v) is 3.52. The Morgan fingerprint density at radius 1 is 1.18 bits per heavy atom. The van der Waals surface area contributed by atoms with Crippen LogP contribution < -0.4 is 5.32 Å². The molecule has 0 aliphatic carbocycles. The number of thioether (sulfide) groups is 1. The summed E-state index contributed by atoms with van der Waals surface area (Å²) in [6, 6.07) is 12.7. The molecule has 1 N–H and O–H groups in total. The Morgan fingerprint density at radius 3 is 2.53 bits per heavy atom. The zero-order chi connectivity index (χ0) is 12.1. The summed E-state index contributed by atoms with van der Waals surface area (Å²) >= 11 is 9.40. The van der Waals surface area contributed by atoms with Gasteiger partial charge in [0.2, 0.25) is 0 Å². The van der Waals surface area contributed by atoms with Gasteiger partial charge >= 0.3 is 0 Å². The third-order valence-corrected chi connectivity index (χ3v) is 4.79. The van der Waals surface area contributed by atoms with E-state index in [4.69, 9.17) is 11.6 Å². The van der Waals surface area contributed by atoms with Crippen molar-refractivity contribution >= 4 is 34.7 Å². The second-order valence-corrected chi connectivity index (χ2v) is 6.52. The number of thiophene rings is 1. The minimum Gasteiger partial charge on any atom is -0.316 e. The monoisotopic (exact) mass is 283 g/mol. The van der Waals surface area contributed by atoms with Gasteiger partial charge in [0.15, 0.2) is 0 Å². The van der Waals surface area contributed by atoms with Gasteiger partial charge in [-0.1, -0.05) is 23.7 Å². The van der Waals surface area contributed by atoms with Crippen molar-refractivity contribution in [2.45, 2.75) is 17.2 Å². The molecule has 90 valence electrons. The highest BCUT2D eigenvalue weighted by atomic mass is 35.5. The number of benzene rings is 1. The van der Waals surface area contributed by atoms with Gasteiger partial charge in [-0.3, -0.25) is 0 Å². The molecule has 1 nitrogen and oxygen atoms in total. The maximum atomic E-state index is 5.90. The maximum Gasteiger partial charge on any atom is 0.0931 e. The van der Waals surface area contributed by atoms with E-state index in [-0.39, 0.29) is 0 Å². The predicted octanol–water partition coefficient (Wildman–Crippen LogP) is 4.41. The van der Waals surface area contributed by atoms with Gasteiger partial charge < -0.3 is 5.32 Å². The van der Waals surface area contributed by atoms with Crippen LogP contribution in [0.4, 0.5) is 0 Å². The molecule has 1 heterocycles. The Labute approximate surface area is 115 Å². The van der Waals surface area contributed by atoms with Gasteiger partial charge in [0, 0.05) is 22.1 Å². The van der Waals surface area contributed by atoms with Crippen molar-refractivity contribution in [1.29, 1.82) is 0 Å². The molecule has 0 unspecified atom stereocenters. The molecule has 0 bridgehead atoms. The van der Waals surface area contributed by atoms with E-state index in [9.17, 15) is 0 Å². The van der Waals surface area contributed by atoms with Crippen LogP contribution in [0, 0.1) is 0 Å². The van der Waals surface area contributed by atoms with Crippen LogP contribution in [0.15, 0.2) is 41.3 Å². The van der Waals surface area contributed by atoms with Crippen LogP contribution in [-0.4, -0.2) is 7.05 Å². The summed E-state index contributed by atoms with van der Waals surface area (Å²) in [5.74, 6) is 0.989. The van der Waals surface area contributed by atoms with Gasteiger partial charge in [-0.05, 0) is 36.9 Å². The van der Waals surface area contributed by atoms with Crippen LogP contribution in [-0.2, 0) is 12.3 Å². The van der Waals surface area contributed by atoms with Gasteiger partial charge in [-0.2, -0.15) is 0 Å². The second-order valence-electron chi connectivity index (χ2n) is 3.67. The molecular weight excluding hydrogens is 270 g/mol. The molecular formula is C13H14ClNS2. The quantitative estimate of drug-likeness (QED) is 0.816. The summed E-state index contributed by atoms with van der Waals surface area (Å²) in [5, 5.41) is 3.14. The average molecular weight is 284 g/mol. The molecule has 0 saturated carbocycles. The molecule has 0 spiro atoms. The Hall–Kier alpha value is -0.480. The highest BCUT2D eigenvalue weighted by Gasteiger charge is 2.00. The van der Waals surface area contributed by atoms with Crippen molar-refractivity contribution in [2.24, 2.45) is 0 Å². The van der Waals surface area contributed by atoms with Gasteiger partial charge in [0.05, 0.1) is 4.34 Å². The SMILES string of the molecule is CNCc1ccc(SCc2ccc(Cl)s2)cc1. The minimum atomic E-state index is 0.866. The van der Waals surface area contributed by atoms with E-state index in [1.165, 1.54) is 15.3 Å². The summed E-state index contributed by atoms with van der Waals surface area (Å²) < 4.78 is 0.866. The molecule has 0 aliphatic rings. The van der Waals surface area contributed by atoms with Gasteiger partial charge in [0.1, 0.15) is 0 Å². The molecule has 0 fully saturated rings. The Kier molecular flexibility index (Phi) is 4.92. The molecule has 2 rings (SSSR count). The summed E-state index contributed by atoms with van der Waals surface area (Å²) in [5.41, 5.74) is 1.32. The fraction of sp³-hybridized carbons (Fsp3) is 0.231. The van der Waals surface area contributed by atoms with Crippen molar-refractivity contribution in [3.05, 3.63) is 51.2 Å². The molecule has 1 aromatic carbocycles. The largest absolute Gasteiger partial charge is 0.316 e. The molecule has 0 amide bonds. The van der Waals surface area contributed by atoms with Crippen LogP contribution in [0.5, 0.6) is 0 Å². The minimum absolute atomic E-state index is 0.866. The highest BCUT2D eigenvalue weighted by molar-refractivity contribution is 7.98. The smallest absolute Gasteiger partial charge is 0.0931 e. The van der Waals surface area contributed by atoms with E-state index in [0.717, 1.165) is 16.6 Å². The van der Waals surface area contributed by atoms with E-state index in [0.29, 0.717) is 0 Å². The number of rotatable bonds is 5. The lowest BCUT2D eigenvalue weighted by Gasteiger charge is -2.02. The normalized spacial score (nSPS) is 10.7. The van der Waals surface area contributed by atoms with E-state index in [2.05, 4.69) is 35.6 Å².